The molecule has 0 aliphatic rings. The average Bonchev–Trinajstić information content (AvgIpc) is 2.37. The van der Waals surface area contributed by atoms with Crippen molar-refractivity contribution in [2.45, 2.75) is 13.3 Å². The van der Waals surface area contributed by atoms with E-state index >= 15 is 0 Å². The lowest BCUT2D eigenvalue weighted by Crippen LogP contribution is -2.13. The van der Waals surface area contributed by atoms with Crippen molar-refractivity contribution >= 4 is 11.8 Å². The fraction of sp³-hybridized carbons (Fsp3) is 0.636. The summed E-state index contributed by atoms with van der Waals surface area (Å²) in [5.74, 6) is 1.40. The van der Waals surface area contributed by atoms with Gasteiger partial charge < -0.3 is 20.5 Å². The molecule has 0 aliphatic carbocycles. The van der Waals surface area contributed by atoms with Crippen LogP contribution in [0.3, 0.4) is 0 Å². The van der Waals surface area contributed by atoms with E-state index in [1.165, 1.54) is 0 Å². The second kappa shape index (κ2) is 8.72. The molecule has 0 aliphatic heterocycles. The normalized spacial score (nSPS) is 10.2. The van der Waals surface area contributed by atoms with Gasteiger partial charge in [0.15, 0.2) is 0 Å². The minimum Gasteiger partial charge on any atom is -0.394 e. The van der Waals surface area contributed by atoms with E-state index in [0.717, 1.165) is 18.8 Å². The molecule has 3 N–H and O–H groups in total. The third-order valence-electron chi connectivity index (χ3n) is 1.98. The fourth-order valence-corrected chi connectivity index (χ4v) is 1.20. The maximum atomic E-state index is 8.53. The SMILES string of the molecule is CCCNc1nccc(NCCOCCO)n1. The van der Waals surface area contributed by atoms with Gasteiger partial charge in [-0.3, -0.25) is 0 Å². The summed E-state index contributed by atoms with van der Waals surface area (Å²) in [5.41, 5.74) is 0. The van der Waals surface area contributed by atoms with Gasteiger partial charge in [0, 0.05) is 19.3 Å². The van der Waals surface area contributed by atoms with Crippen LogP contribution in [0.4, 0.5) is 11.8 Å². The molecule has 0 fully saturated rings. The number of aliphatic hydroxyl groups is 1. The number of aromatic nitrogens is 2. The quantitative estimate of drug-likeness (QED) is 0.552. The summed E-state index contributed by atoms with van der Waals surface area (Å²) in [7, 11) is 0. The third-order valence-corrected chi connectivity index (χ3v) is 1.98. The Hall–Kier alpha value is -1.40. The van der Waals surface area contributed by atoms with Crippen LogP contribution in [-0.2, 0) is 4.74 Å². The molecule has 0 amide bonds. The lowest BCUT2D eigenvalue weighted by atomic mass is 10.5. The molecule has 0 aromatic carbocycles. The van der Waals surface area contributed by atoms with Crippen molar-refractivity contribution < 1.29 is 9.84 Å². The Morgan fingerprint density at radius 2 is 2.18 bits per heavy atom. The first kappa shape index (κ1) is 13.7. The van der Waals surface area contributed by atoms with Gasteiger partial charge in [-0.05, 0) is 12.5 Å². The zero-order chi connectivity index (χ0) is 12.3. The highest BCUT2D eigenvalue weighted by atomic mass is 16.5. The van der Waals surface area contributed by atoms with Gasteiger partial charge in [0.05, 0.1) is 19.8 Å². The lowest BCUT2D eigenvalue weighted by Gasteiger charge is -2.07. The van der Waals surface area contributed by atoms with E-state index in [2.05, 4.69) is 27.5 Å². The van der Waals surface area contributed by atoms with Crippen LogP contribution in [0.2, 0.25) is 0 Å². The second-order valence-electron chi connectivity index (χ2n) is 3.46. The van der Waals surface area contributed by atoms with Crippen molar-refractivity contribution in [2.75, 3.05) is 43.5 Å². The van der Waals surface area contributed by atoms with E-state index in [4.69, 9.17) is 9.84 Å². The predicted octanol–water partition coefficient (Wildman–Crippen LogP) is 0.719. The molecule has 0 unspecified atom stereocenters. The van der Waals surface area contributed by atoms with Crippen molar-refractivity contribution in [1.29, 1.82) is 0 Å². The first-order valence-electron chi connectivity index (χ1n) is 5.86. The van der Waals surface area contributed by atoms with Crippen molar-refractivity contribution in [3.8, 4) is 0 Å². The highest BCUT2D eigenvalue weighted by Crippen LogP contribution is 2.04. The molecule has 6 heteroatoms. The maximum Gasteiger partial charge on any atom is 0.224 e. The van der Waals surface area contributed by atoms with Crippen LogP contribution < -0.4 is 10.6 Å². The summed E-state index contributed by atoms with van der Waals surface area (Å²) >= 11 is 0. The highest BCUT2D eigenvalue weighted by Gasteiger charge is 1.97. The molecule has 6 nitrogen and oxygen atoms in total. The molecule has 96 valence electrons. The smallest absolute Gasteiger partial charge is 0.224 e. The Labute approximate surface area is 101 Å². The van der Waals surface area contributed by atoms with Gasteiger partial charge in [-0.15, -0.1) is 0 Å². The predicted molar refractivity (Wildman–Crippen MR) is 67.2 cm³/mol. The molecular weight excluding hydrogens is 220 g/mol. The zero-order valence-corrected chi connectivity index (χ0v) is 10.1. The molecule has 0 bridgehead atoms. The first-order valence-corrected chi connectivity index (χ1v) is 5.86. The molecule has 1 aromatic heterocycles. The minimum atomic E-state index is 0.0542. The molecule has 1 aromatic rings. The number of hydrogen-bond acceptors (Lipinski definition) is 6. The summed E-state index contributed by atoms with van der Waals surface area (Å²) in [6, 6.07) is 1.81. The van der Waals surface area contributed by atoms with Crippen molar-refractivity contribution in [3.05, 3.63) is 12.3 Å². The molecule has 1 rings (SSSR count). The second-order valence-corrected chi connectivity index (χ2v) is 3.46. The Balaban J connectivity index is 2.27. The average molecular weight is 240 g/mol. The van der Waals surface area contributed by atoms with E-state index < -0.39 is 0 Å². The molecule has 0 spiro atoms. The van der Waals surface area contributed by atoms with Crippen molar-refractivity contribution in [3.63, 3.8) is 0 Å². The van der Waals surface area contributed by atoms with Gasteiger partial charge in [0.1, 0.15) is 5.82 Å². The summed E-state index contributed by atoms with van der Waals surface area (Å²) in [4.78, 5) is 8.40. The molecule has 0 saturated heterocycles. The Morgan fingerprint density at radius 1 is 1.29 bits per heavy atom. The van der Waals surface area contributed by atoms with E-state index in [0.29, 0.717) is 25.7 Å². The molecule has 0 atom stereocenters. The van der Waals surface area contributed by atoms with E-state index in [1.54, 1.807) is 6.20 Å². The number of nitrogens with zero attached hydrogens (tertiary/aromatic N) is 2. The van der Waals surface area contributed by atoms with Gasteiger partial charge in [0.25, 0.3) is 0 Å². The summed E-state index contributed by atoms with van der Waals surface area (Å²) in [6.45, 7) is 4.58. The van der Waals surface area contributed by atoms with Crippen LogP contribution in [0.25, 0.3) is 0 Å². The van der Waals surface area contributed by atoms with E-state index in [9.17, 15) is 0 Å². The van der Waals surface area contributed by atoms with E-state index in [1.807, 2.05) is 6.07 Å². The molecule has 1 heterocycles. The number of ether oxygens (including phenoxy) is 1. The van der Waals surface area contributed by atoms with Crippen LogP contribution in [0.15, 0.2) is 12.3 Å². The molecule has 0 radical (unpaired) electrons. The highest BCUT2D eigenvalue weighted by molar-refractivity contribution is 5.39. The van der Waals surface area contributed by atoms with Gasteiger partial charge in [-0.1, -0.05) is 6.92 Å². The van der Waals surface area contributed by atoms with Gasteiger partial charge >= 0.3 is 0 Å². The van der Waals surface area contributed by atoms with Gasteiger partial charge in [0.2, 0.25) is 5.95 Å². The number of aliphatic hydroxyl groups excluding tert-OH is 1. The van der Waals surface area contributed by atoms with Crippen LogP contribution >= 0.6 is 0 Å². The van der Waals surface area contributed by atoms with Crippen LogP contribution in [0.1, 0.15) is 13.3 Å². The number of nitrogens with one attached hydrogen (secondary N) is 2. The maximum absolute atomic E-state index is 8.53. The fourth-order valence-electron chi connectivity index (χ4n) is 1.20. The number of anilines is 2. The number of hydrogen-bond donors (Lipinski definition) is 3. The summed E-state index contributed by atoms with van der Waals surface area (Å²) < 4.78 is 5.13. The van der Waals surface area contributed by atoms with Crippen LogP contribution in [0.5, 0.6) is 0 Å². The van der Waals surface area contributed by atoms with Gasteiger partial charge in [-0.25, -0.2) is 4.98 Å². The summed E-state index contributed by atoms with van der Waals surface area (Å²) in [6.07, 6.45) is 2.75. The molecular formula is C11H20N4O2. The largest absolute Gasteiger partial charge is 0.394 e. The third kappa shape index (κ3) is 6.03. The van der Waals surface area contributed by atoms with Crippen LogP contribution in [-0.4, -0.2) is 48.0 Å². The monoisotopic (exact) mass is 240 g/mol. The van der Waals surface area contributed by atoms with E-state index in [-0.39, 0.29) is 6.61 Å². The molecule has 0 saturated carbocycles. The summed E-state index contributed by atoms with van der Waals surface area (Å²) in [5, 5.41) is 14.8. The topological polar surface area (TPSA) is 79.3 Å². The zero-order valence-electron chi connectivity index (χ0n) is 10.1. The van der Waals surface area contributed by atoms with Crippen molar-refractivity contribution in [2.24, 2.45) is 0 Å². The standard InChI is InChI=1S/C11H20N4O2/c1-2-4-13-11-14-5-3-10(15-11)12-6-8-17-9-7-16/h3,5,16H,2,4,6-9H2,1H3,(H2,12,13,14,15). The Morgan fingerprint density at radius 3 is 2.94 bits per heavy atom. The number of rotatable bonds is 9. The van der Waals surface area contributed by atoms with Gasteiger partial charge in [-0.2, -0.15) is 4.98 Å². The molecule has 17 heavy (non-hydrogen) atoms. The van der Waals surface area contributed by atoms with Crippen molar-refractivity contribution in [1.82, 2.24) is 9.97 Å². The lowest BCUT2D eigenvalue weighted by molar-refractivity contribution is 0.0992. The van der Waals surface area contributed by atoms with Crippen LogP contribution in [0, 0.1) is 0 Å². The minimum absolute atomic E-state index is 0.0542. The first-order chi connectivity index (χ1) is 8.36. The Bertz CT molecular complexity index is 309. The Kier molecular flexibility index (Phi) is 7.01.